The van der Waals surface area contributed by atoms with Gasteiger partial charge < -0.3 is 9.84 Å². The van der Waals surface area contributed by atoms with Gasteiger partial charge in [0, 0.05) is 11.1 Å². The zero-order chi connectivity index (χ0) is 16.5. The van der Waals surface area contributed by atoms with Crippen LogP contribution in [0.15, 0.2) is 71.7 Å². The lowest BCUT2D eigenvalue weighted by molar-refractivity contribution is 0.373. The van der Waals surface area contributed by atoms with Crippen LogP contribution >= 0.6 is 11.6 Å². The van der Waals surface area contributed by atoms with Crippen LogP contribution < -0.4 is 4.74 Å². The van der Waals surface area contributed by atoms with E-state index >= 15 is 0 Å². The molecule has 0 saturated heterocycles. The fourth-order valence-electron chi connectivity index (χ4n) is 2.68. The highest BCUT2D eigenvalue weighted by atomic mass is 35.5. The zero-order valence-corrected chi connectivity index (χ0v) is 13.5. The third-order valence-corrected chi connectivity index (χ3v) is 4.20. The largest absolute Gasteiger partial charge is 0.508 e. The third-order valence-electron chi connectivity index (χ3n) is 3.96. The van der Waals surface area contributed by atoms with Crippen molar-refractivity contribution < 1.29 is 9.84 Å². The van der Waals surface area contributed by atoms with Crippen LogP contribution in [0.4, 0.5) is 5.69 Å². The Morgan fingerprint density at radius 3 is 2.17 bits per heavy atom. The van der Waals surface area contributed by atoms with E-state index in [-0.39, 0.29) is 5.75 Å². The average molecular weight is 336 g/mol. The minimum atomic E-state index is 0.267. The van der Waals surface area contributed by atoms with Gasteiger partial charge in [-0.1, -0.05) is 48.0 Å². The Bertz CT molecular complexity index is 915. The van der Waals surface area contributed by atoms with E-state index in [0.717, 1.165) is 28.1 Å². The lowest BCUT2D eigenvalue weighted by Crippen LogP contribution is -2.16. The second-order valence-electron chi connectivity index (χ2n) is 5.58. The van der Waals surface area contributed by atoms with Crippen molar-refractivity contribution in [3.63, 3.8) is 0 Å². The topological polar surface area (TPSA) is 41.8 Å². The SMILES string of the molecule is Oc1ccc(-c2ccc(C3=Nc4ccc(Cl)cc4OC3)cc2)cc1. The molecule has 0 saturated carbocycles. The number of fused-ring (bicyclic) bond motifs is 1. The van der Waals surface area contributed by atoms with Crippen molar-refractivity contribution in [3.05, 3.63) is 77.3 Å². The van der Waals surface area contributed by atoms with Crippen molar-refractivity contribution in [1.82, 2.24) is 0 Å². The van der Waals surface area contributed by atoms with Gasteiger partial charge in [0.2, 0.25) is 0 Å². The maximum Gasteiger partial charge on any atom is 0.146 e. The molecule has 1 N–H and O–H groups in total. The molecule has 0 radical (unpaired) electrons. The summed E-state index contributed by atoms with van der Waals surface area (Å²) in [5.41, 5.74) is 4.85. The van der Waals surface area contributed by atoms with Crippen LogP contribution in [0, 0.1) is 0 Å². The molecule has 0 bridgehead atoms. The summed E-state index contributed by atoms with van der Waals surface area (Å²) in [6.07, 6.45) is 0. The van der Waals surface area contributed by atoms with Gasteiger partial charge >= 0.3 is 0 Å². The Morgan fingerprint density at radius 1 is 0.833 bits per heavy atom. The number of hydrogen-bond donors (Lipinski definition) is 1. The Hall–Kier alpha value is -2.78. The molecule has 4 rings (SSSR count). The van der Waals surface area contributed by atoms with E-state index in [1.54, 1.807) is 18.2 Å². The molecular formula is C20H14ClNO2. The molecule has 1 aliphatic rings. The van der Waals surface area contributed by atoms with Crippen molar-refractivity contribution in [1.29, 1.82) is 0 Å². The van der Waals surface area contributed by atoms with Crippen LogP contribution in [0.5, 0.6) is 11.5 Å². The number of ether oxygens (including phenoxy) is 1. The summed E-state index contributed by atoms with van der Waals surface area (Å²) in [5.74, 6) is 0.981. The second-order valence-corrected chi connectivity index (χ2v) is 6.02. The fraction of sp³-hybridized carbons (Fsp3) is 0.0500. The number of nitrogens with zero attached hydrogens (tertiary/aromatic N) is 1. The van der Waals surface area contributed by atoms with Crippen LogP contribution in [-0.2, 0) is 0 Å². The molecule has 3 nitrogen and oxygen atoms in total. The monoisotopic (exact) mass is 335 g/mol. The van der Waals surface area contributed by atoms with Crippen LogP contribution in [0.2, 0.25) is 5.02 Å². The summed E-state index contributed by atoms with van der Waals surface area (Å²) >= 11 is 5.97. The predicted octanol–water partition coefficient (Wildman–Crippen LogP) is 5.23. The van der Waals surface area contributed by atoms with Crippen LogP contribution in [0.3, 0.4) is 0 Å². The smallest absolute Gasteiger partial charge is 0.146 e. The summed E-state index contributed by atoms with van der Waals surface area (Å²) in [6.45, 7) is 0.423. The van der Waals surface area contributed by atoms with Crippen LogP contribution in [-0.4, -0.2) is 17.4 Å². The number of benzene rings is 3. The number of halogens is 1. The number of aromatic hydroxyl groups is 1. The molecule has 0 unspecified atom stereocenters. The van der Waals surface area contributed by atoms with E-state index in [1.165, 1.54) is 0 Å². The molecule has 0 spiro atoms. The minimum absolute atomic E-state index is 0.267. The molecule has 0 aliphatic carbocycles. The first-order chi connectivity index (χ1) is 11.7. The van der Waals surface area contributed by atoms with E-state index in [4.69, 9.17) is 16.3 Å². The number of phenols is 1. The van der Waals surface area contributed by atoms with Gasteiger partial charge in [-0.2, -0.15) is 0 Å². The average Bonchev–Trinajstić information content (AvgIpc) is 2.62. The van der Waals surface area contributed by atoms with Crippen molar-refractivity contribution in [2.45, 2.75) is 0 Å². The molecule has 0 aromatic heterocycles. The molecule has 3 aromatic rings. The van der Waals surface area contributed by atoms with Gasteiger partial charge in [0.05, 0.1) is 5.71 Å². The third kappa shape index (κ3) is 2.86. The number of aliphatic imine (C=N–C) groups is 1. The van der Waals surface area contributed by atoms with E-state index in [9.17, 15) is 5.11 Å². The number of rotatable bonds is 2. The minimum Gasteiger partial charge on any atom is -0.508 e. The Balaban J connectivity index is 1.63. The molecule has 0 fully saturated rings. The first-order valence-corrected chi connectivity index (χ1v) is 7.96. The van der Waals surface area contributed by atoms with Gasteiger partial charge in [-0.25, -0.2) is 4.99 Å². The van der Waals surface area contributed by atoms with Crippen molar-refractivity contribution in [3.8, 4) is 22.6 Å². The summed E-state index contributed by atoms with van der Waals surface area (Å²) in [5, 5.41) is 10.0. The fourth-order valence-corrected chi connectivity index (χ4v) is 2.84. The van der Waals surface area contributed by atoms with Gasteiger partial charge in [0.15, 0.2) is 0 Å². The maximum atomic E-state index is 9.38. The Labute approximate surface area is 144 Å². The lowest BCUT2D eigenvalue weighted by atomic mass is 10.0. The summed E-state index contributed by atoms with van der Waals surface area (Å²) in [7, 11) is 0. The lowest BCUT2D eigenvalue weighted by Gasteiger charge is -2.17. The van der Waals surface area contributed by atoms with Crippen LogP contribution in [0.1, 0.15) is 5.56 Å². The Morgan fingerprint density at radius 2 is 1.46 bits per heavy atom. The second kappa shape index (κ2) is 6.02. The van der Waals surface area contributed by atoms with Gasteiger partial charge in [-0.05, 0) is 41.0 Å². The van der Waals surface area contributed by atoms with E-state index in [2.05, 4.69) is 4.99 Å². The molecule has 0 amide bonds. The number of phenolic OH excluding ortho intramolecular Hbond substituents is 1. The zero-order valence-electron chi connectivity index (χ0n) is 12.7. The standard InChI is InChI=1S/C20H14ClNO2/c21-16-7-10-18-20(11-16)24-12-19(22-18)15-3-1-13(2-4-15)14-5-8-17(23)9-6-14/h1-11,23H,12H2. The van der Waals surface area contributed by atoms with Crippen LogP contribution in [0.25, 0.3) is 11.1 Å². The van der Waals surface area contributed by atoms with E-state index in [0.29, 0.717) is 17.4 Å². The molecule has 24 heavy (non-hydrogen) atoms. The summed E-state index contributed by atoms with van der Waals surface area (Å²) in [6, 6.07) is 20.8. The highest BCUT2D eigenvalue weighted by Gasteiger charge is 2.15. The summed E-state index contributed by atoms with van der Waals surface area (Å²) < 4.78 is 5.76. The highest BCUT2D eigenvalue weighted by Crippen LogP contribution is 2.34. The predicted molar refractivity (Wildman–Crippen MR) is 96.7 cm³/mol. The van der Waals surface area contributed by atoms with E-state index in [1.807, 2.05) is 48.5 Å². The van der Waals surface area contributed by atoms with Gasteiger partial charge in [0.1, 0.15) is 23.8 Å². The van der Waals surface area contributed by atoms with E-state index < -0.39 is 0 Å². The van der Waals surface area contributed by atoms with Crippen molar-refractivity contribution in [2.24, 2.45) is 4.99 Å². The van der Waals surface area contributed by atoms with Gasteiger partial charge in [-0.15, -0.1) is 0 Å². The molecule has 4 heteroatoms. The first-order valence-electron chi connectivity index (χ1n) is 7.59. The molecular weight excluding hydrogens is 322 g/mol. The summed E-state index contributed by atoms with van der Waals surface area (Å²) in [4.78, 5) is 4.67. The quantitative estimate of drug-likeness (QED) is 0.697. The maximum absolute atomic E-state index is 9.38. The van der Waals surface area contributed by atoms with Crippen molar-refractivity contribution >= 4 is 23.0 Å². The molecule has 1 heterocycles. The van der Waals surface area contributed by atoms with Crippen molar-refractivity contribution in [2.75, 3.05) is 6.61 Å². The number of hydrogen-bond acceptors (Lipinski definition) is 3. The molecule has 1 aliphatic heterocycles. The molecule has 118 valence electrons. The highest BCUT2D eigenvalue weighted by molar-refractivity contribution is 6.30. The Kier molecular flexibility index (Phi) is 3.71. The normalized spacial score (nSPS) is 13.0. The molecule has 3 aromatic carbocycles. The van der Waals surface area contributed by atoms with Gasteiger partial charge in [-0.3, -0.25) is 0 Å². The molecule has 0 atom stereocenters. The first kappa shape index (κ1) is 14.8. The van der Waals surface area contributed by atoms with Gasteiger partial charge in [0.25, 0.3) is 0 Å².